The van der Waals surface area contributed by atoms with Crippen LogP contribution in [0.5, 0.6) is 5.75 Å². The zero-order chi connectivity index (χ0) is 17.6. The number of ether oxygens (including phenoxy) is 1. The fourth-order valence-corrected chi connectivity index (χ4v) is 2.82. The fraction of sp³-hybridized carbons (Fsp3) is 0.300. The second-order valence-electron chi connectivity index (χ2n) is 5.99. The van der Waals surface area contributed by atoms with Crippen molar-refractivity contribution < 1.29 is 14.3 Å². The first-order chi connectivity index (χ1) is 12.2. The van der Waals surface area contributed by atoms with Gasteiger partial charge in [0.15, 0.2) is 0 Å². The molecule has 1 aliphatic heterocycles. The SMILES string of the molecule is CCCOc1ccccc1NC(=O)c1ccc(N2CCCC2=O)cc1. The molecule has 0 atom stereocenters. The van der Waals surface area contributed by atoms with Gasteiger partial charge in [-0.3, -0.25) is 9.59 Å². The lowest BCUT2D eigenvalue weighted by molar-refractivity contribution is -0.117. The minimum absolute atomic E-state index is 0.138. The van der Waals surface area contributed by atoms with Gasteiger partial charge in [-0.2, -0.15) is 0 Å². The van der Waals surface area contributed by atoms with Gasteiger partial charge >= 0.3 is 0 Å². The normalized spacial score (nSPS) is 13.8. The molecule has 0 bridgehead atoms. The molecule has 130 valence electrons. The van der Waals surface area contributed by atoms with Crippen molar-refractivity contribution in [2.24, 2.45) is 0 Å². The molecule has 2 aromatic rings. The molecule has 0 aliphatic carbocycles. The van der Waals surface area contributed by atoms with E-state index in [2.05, 4.69) is 5.32 Å². The predicted molar refractivity (Wildman–Crippen MR) is 98.2 cm³/mol. The maximum Gasteiger partial charge on any atom is 0.255 e. The van der Waals surface area contributed by atoms with Crippen molar-refractivity contribution in [3.05, 3.63) is 54.1 Å². The molecule has 2 amide bonds. The summed E-state index contributed by atoms with van der Waals surface area (Å²) < 4.78 is 5.66. The first kappa shape index (κ1) is 17.0. The van der Waals surface area contributed by atoms with Gasteiger partial charge in [0, 0.05) is 24.2 Å². The number of amides is 2. The molecule has 0 saturated carbocycles. The molecule has 1 aliphatic rings. The van der Waals surface area contributed by atoms with Crippen molar-refractivity contribution in [2.75, 3.05) is 23.4 Å². The molecular weight excluding hydrogens is 316 g/mol. The van der Waals surface area contributed by atoms with Crippen molar-refractivity contribution in [1.29, 1.82) is 0 Å². The summed E-state index contributed by atoms with van der Waals surface area (Å²) >= 11 is 0. The van der Waals surface area contributed by atoms with Crippen LogP contribution in [0, 0.1) is 0 Å². The Morgan fingerprint density at radius 3 is 2.60 bits per heavy atom. The van der Waals surface area contributed by atoms with E-state index in [4.69, 9.17) is 4.74 Å². The highest BCUT2D eigenvalue weighted by Gasteiger charge is 2.21. The van der Waals surface area contributed by atoms with Crippen LogP contribution < -0.4 is 15.0 Å². The van der Waals surface area contributed by atoms with Crippen LogP contribution >= 0.6 is 0 Å². The van der Waals surface area contributed by atoms with Crippen LogP contribution in [0.1, 0.15) is 36.5 Å². The van der Waals surface area contributed by atoms with Crippen LogP contribution in [0.2, 0.25) is 0 Å². The summed E-state index contributed by atoms with van der Waals surface area (Å²) in [5.41, 5.74) is 2.03. The monoisotopic (exact) mass is 338 g/mol. The van der Waals surface area contributed by atoms with E-state index < -0.39 is 0 Å². The zero-order valence-electron chi connectivity index (χ0n) is 14.3. The topological polar surface area (TPSA) is 58.6 Å². The molecule has 0 spiro atoms. The second-order valence-corrected chi connectivity index (χ2v) is 5.99. The highest BCUT2D eigenvalue weighted by atomic mass is 16.5. The number of hydrogen-bond acceptors (Lipinski definition) is 3. The van der Waals surface area contributed by atoms with Crippen molar-refractivity contribution in [2.45, 2.75) is 26.2 Å². The van der Waals surface area contributed by atoms with Crippen LogP contribution in [0.4, 0.5) is 11.4 Å². The van der Waals surface area contributed by atoms with Crippen LogP contribution in [0.3, 0.4) is 0 Å². The van der Waals surface area contributed by atoms with Crippen LogP contribution in [-0.2, 0) is 4.79 Å². The van der Waals surface area contributed by atoms with E-state index in [1.165, 1.54) is 0 Å². The first-order valence-electron chi connectivity index (χ1n) is 8.62. The fourth-order valence-electron chi connectivity index (χ4n) is 2.82. The van der Waals surface area contributed by atoms with Crippen LogP contribution in [-0.4, -0.2) is 25.0 Å². The lowest BCUT2D eigenvalue weighted by Crippen LogP contribution is -2.23. The minimum atomic E-state index is -0.202. The summed E-state index contributed by atoms with van der Waals surface area (Å²) in [6.45, 7) is 3.38. The summed E-state index contributed by atoms with van der Waals surface area (Å²) in [7, 11) is 0. The summed E-state index contributed by atoms with van der Waals surface area (Å²) in [4.78, 5) is 26.0. The number of carbonyl (C=O) groups is 2. The number of anilines is 2. The molecule has 0 aromatic heterocycles. The Balaban J connectivity index is 1.70. The number of nitrogens with one attached hydrogen (secondary N) is 1. The smallest absolute Gasteiger partial charge is 0.255 e. The van der Waals surface area contributed by atoms with Crippen molar-refractivity contribution in [3.63, 3.8) is 0 Å². The number of para-hydroxylation sites is 2. The Labute approximate surface area is 147 Å². The van der Waals surface area contributed by atoms with Gasteiger partial charge in [0.2, 0.25) is 5.91 Å². The molecular formula is C20H22N2O3. The van der Waals surface area contributed by atoms with E-state index in [1.54, 1.807) is 17.0 Å². The number of nitrogens with zero attached hydrogens (tertiary/aromatic N) is 1. The van der Waals surface area contributed by atoms with Gasteiger partial charge < -0.3 is 15.0 Å². The predicted octanol–water partition coefficient (Wildman–Crippen LogP) is 3.85. The zero-order valence-corrected chi connectivity index (χ0v) is 14.3. The van der Waals surface area contributed by atoms with E-state index in [1.807, 2.05) is 43.3 Å². The molecule has 0 unspecified atom stereocenters. The highest BCUT2D eigenvalue weighted by Crippen LogP contribution is 2.25. The van der Waals surface area contributed by atoms with Crippen LogP contribution in [0.25, 0.3) is 0 Å². The largest absolute Gasteiger partial charge is 0.491 e. The Kier molecular flexibility index (Phi) is 5.33. The third kappa shape index (κ3) is 3.99. The van der Waals surface area contributed by atoms with Gasteiger partial charge in [0.25, 0.3) is 5.91 Å². The van der Waals surface area contributed by atoms with Gasteiger partial charge in [0.05, 0.1) is 12.3 Å². The second kappa shape index (κ2) is 7.83. The lowest BCUT2D eigenvalue weighted by Gasteiger charge is -2.16. The average molecular weight is 338 g/mol. The molecule has 0 radical (unpaired) electrons. The summed E-state index contributed by atoms with van der Waals surface area (Å²) in [5.74, 6) is 0.600. The van der Waals surface area contributed by atoms with Gasteiger partial charge in [0.1, 0.15) is 5.75 Å². The Morgan fingerprint density at radius 2 is 1.92 bits per heavy atom. The van der Waals surface area contributed by atoms with Crippen molar-refractivity contribution in [3.8, 4) is 5.75 Å². The molecule has 5 nitrogen and oxygen atoms in total. The lowest BCUT2D eigenvalue weighted by atomic mass is 10.1. The van der Waals surface area contributed by atoms with E-state index in [9.17, 15) is 9.59 Å². The number of hydrogen-bond donors (Lipinski definition) is 1. The van der Waals surface area contributed by atoms with Crippen LogP contribution in [0.15, 0.2) is 48.5 Å². The van der Waals surface area contributed by atoms with E-state index in [0.717, 1.165) is 25.1 Å². The Bertz CT molecular complexity index is 756. The minimum Gasteiger partial charge on any atom is -0.491 e. The van der Waals surface area contributed by atoms with E-state index in [-0.39, 0.29) is 11.8 Å². The molecule has 1 saturated heterocycles. The summed E-state index contributed by atoms with van der Waals surface area (Å²) in [6, 6.07) is 14.5. The molecule has 1 fully saturated rings. The Hall–Kier alpha value is -2.82. The number of carbonyl (C=O) groups excluding carboxylic acids is 2. The van der Waals surface area contributed by atoms with Gasteiger partial charge in [-0.25, -0.2) is 0 Å². The van der Waals surface area contributed by atoms with Crippen molar-refractivity contribution >= 4 is 23.2 Å². The van der Waals surface area contributed by atoms with Gasteiger partial charge in [-0.05, 0) is 49.2 Å². The summed E-state index contributed by atoms with van der Waals surface area (Å²) in [5, 5.41) is 2.89. The molecule has 5 heteroatoms. The molecule has 1 heterocycles. The molecule has 3 rings (SSSR count). The van der Waals surface area contributed by atoms with Crippen molar-refractivity contribution in [1.82, 2.24) is 0 Å². The maximum absolute atomic E-state index is 12.5. The number of benzene rings is 2. The third-order valence-corrected chi connectivity index (χ3v) is 4.11. The van der Waals surface area contributed by atoms with E-state index >= 15 is 0 Å². The molecule has 25 heavy (non-hydrogen) atoms. The molecule has 1 N–H and O–H groups in total. The highest BCUT2D eigenvalue weighted by molar-refractivity contribution is 6.05. The van der Waals surface area contributed by atoms with Gasteiger partial charge in [-0.15, -0.1) is 0 Å². The van der Waals surface area contributed by atoms with E-state index in [0.29, 0.717) is 30.0 Å². The quantitative estimate of drug-likeness (QED) is 0.870. The average Bonchev–Trinajstić information content (AvgIpc) is 3.07. The summed E-state index contributed by atoms with van der Waals surface area (Å²) in [6.07, 6.45) is 2.38. The third-order valence-electron chi connectivity index (χ3n) is 4.11. The standard InChI is InChI=1S/C20H22N2O3/c1-2-14-25-18-7-4-3-6-17(18)21-20(24)15-9-11-16(12-10-15)22-13-5-8-19(22)23/h3-4,6-7,9-12H,2,5,8,13-14H2,1H3,(H,21,24). The first-order valence-corrected chi connectivity index (χ1v) is 8.62. The number of rotatable bonds is 6. The maximum atomic E-state index is 12.5. The van der Waals surface area contributed by atoms with Gasteiger partial charge in [-0.1, -0.05) is 19.1 Å². The molecule has 2 aromatic carbocycles. The Morgan fingerprint density at radius 1 is 1.16 bits per heavy atom.